The topological polar surface area (TPSA) is 69.2 Å². The number of Topliss-reactive ketones (excluding diaryl/α,β-unsaturated/α-hetero) is 1. The van der Waals surface area contributed by atoms with Gasteiger partial charge in [-0.3, -0.25) is 9.59 Å². The lowest BCUT2D eigenvalue weighted by Crippen LogP contribution is -2.25. The number of ketones is 1. The van der Waals surface area contributed by atoms with Gasteiger partial charge in [-0.1, -0.05) is 6.92 Å². The molecule has 0 radical (unpaired) electrons. The molecule has 1 unspecified atom stereocenters. The van der Waals surface area contributed by atoms with Gasteiger partial charge in [0.15, 0.2) is 5.78 Å². The average molecular weight is 222 g/mol. The minimum Gasteiger partial charge on any atom is -0.468 e. The van der Waals surface area contributed by atoms with E-state index < -0.39 is 11.9 Å². The molecule has 0 aliphatic rings. The highest BCUT2D eigenvalue weighted by Gasteiger charge is 2.27. The zero-order chi connectivity index (χ0) is 12.1. The maximum absolute atomic E-state index is 11.9. The van der Waals surface area contributed by atoms with Gasteiger partial charge in [-0.25, -0.2) is 9.97 Å². The standard InChI is InChI=1S/C11H14N2O3/c1-4-8(11(15)16-3)10(14)9-5-6-12-7(2)13-9/h5-6,8H,4H2,1-3H3. The molecule has 0 N–H and O–H groups in total. The third-order valence-corrected chi connectivity index (χ3v) is 2.24. The van der Waals surface area contributed by atoms with Gasteiger partial charge in [0.2, 0.25) is 0 Å². The van der Waals surface area contributed by atoms with Crippen LogP contribution in [0.3, 0.4) is 0 Å². The first-order valence-electron chi connectivity index (χ1n) is 5.01. The normalized spacial score (nSPS) is 11.9. The van der Waals surface area contributed by atoms with E-state index in [9.17, 15) is 9.59 Å². The highest BCUT2D eigenvalue weighted by molar-refractivity contribution is 6.07. The van der Waals surface area contributed by atoms with Gasteiger partial charge in [0.1, 0.15) is 17.4 Å². The lowest BCUT2D eigenvalue weighted by molar-refractivity contribution is -0.143. The molecule has 0 saturated heterocycles. The Labute approximate surface area is 93.9 Å². The van der Waals surface area contributed by atoms with E-state index in [0.29, 0.717) is 12.2 Å². The SMILES string of the molecule is CCC(C(=O)OC)C(=O)c1ccnc(C)n1. The van der Waals surface area contributed by atoms with Crippen LogP contribution in [0, 0.1) is 12.8 Å². The van der Waals surface area contributed by atoms with E-state index in [4.69, 9.17) is 0 Å². The van der Waals surface area contributed by atoms with Gasteiger partial charge in [0.25, 0.3) is 0 Å². The van der Waals surface area contributed by atoms with Crippen molar-refractivity contribution >= 4 is 11.8 Å². The Morgan fingerprint density at radius 1 is 1.50 bits per heavy atom. The number of hydrogen-bond acceptors (Lipinski definition) is 5. The highest BCUT2D eigenvalue weighted by Crippen LogP contribution is 2.12. The second kappa shape index (κ2) is 5.34. The molecule has 0 fully saturated rings. The summed E-state index contributed by atoms with van der Waals surface area (Å²) >= 11 is 0. The molecular weight excluding hydrogens is 208 g/mol. The Balaban J connectivity index is 2.95. The number of carbonyl (C=O) groups is 2. The van der Waals surface area contributed by atoms with Crippen molar-refractivity contribution in [2.24, 2.45) is 5.92 Å². The molecule has 5 nitrogen and oxygen atoms in total. The van der Waals surface area contributed by atoms with E-state index in [-0.39, 0.29) is 11.5 Å². The van der Waals surface area contributed by atoms with Crippen molar-refractivity contribution in [1.29, 1.82) is 0 Å². The van der Waals surface area contributed by atoms with Crippen molar-refractivity contribution in [2.45, 2.75) is 20.3 Å². The molecular formula is C11H14N2O3. The van der Waals surface area contributed by atoms with Gasteiger partial charge < -0.3 is 4.74 Å². The van der Waals surface area contributed by atoms with E-state index in [0.717, 1.165) is 0 Å². The van der Waals surface area contributed by atoms with Gasteiger partial charge in [0.05, 0.1) is 7.11 Å². The van der Waals surface area contributed by atoms with Crippen LogP contribution in [0.2, 0.25) is 0 Å². The lowest BCUT2D eigenvalue weighted by atomic mass is 9.99. The fraction of sp³-hybridized carbons (Fsp3) is 0.455. The molecule has 1 aromatic heterocycles. The van der Waals surface area contributed by atoms with E-state index in [1.807, 2.05) is 0 Å². The van der Waals surface area contributed by atoms with Crippen molar-refractivity contribution < 1.29 is 14.3 Å². The van der Waals surface area contributed by atoms with E-state index in [1.54, 1.807) is 13.8 Å². The second-order valence-corrected chi connectivity index (χ2v) is 3.34. The third-order valence-electron chi connectivity index (χ3n) is 2.24. The number of carbonyl (C=O) groups excluding carboxylic acids is 2. The second-order valence-electron chi connectivity index (χ2n) is 3.34. The first-order chi connectivity index (χ1) is 7.60. The number of nitrogens with zero attached hydrogens (tertiary/aromatic N) is 2. The predicted octanol–water partition coefficient (Wildman–Crippen LogP) is 1.17. The minimum absolute atomic E-state index is 0.254. The van der Waals surface area contributed by atoms with Gasteiger partial charge in [-0.05, 0) is 19.4 Å². The van der Waals surface area contributed by atoms with E-state index in [1.165, 1.54) is 19.4 Å². The van der Waals surface area contributed by atoms with Crippen LogP contribution in [-0.2, 0) is 9.53 Å². The summed E-state index contributed by atoms with van der Waals surface area (Å²) in [6.07, 6.45) is 1.90. The zero-order valence-corrected chi connectivity index (χ0v) is 9.56. The Hall–Kier alpha value is -1.78. The molecule has 0 aliphatic carbocycles. The summed E-state index contributed by atoms with van der Waals surface area (Å²) in [7, 11) is 1.27. The van der Waals surface area contributed by atoms with Gasteiger partial charge in [0, 0.05) is 6.20 Å². The van der Waals surface area contributed by atoms with Crippen molar-refractivity contribution in [3.05, 3.63) is 23.8 Å². The first kappa shape index (κ1) is 12.3. The maximum atomic E-state index is 11.9. The smallest absolute Gasteiger partial charge is 0.316 e. The number of ether oxygens (including phenoxy) is 1. The molecule has 0 amide bonds. The summed E-state index contributed by atoms with van der Waals surface area (Å²) in [5, 5.41) is 0. The largest absolute Gasteiger partial charge is 0.468 e. The van der Waals surface area contributed by atoms with Crippen LogP contribution in [0.5, 0.6) is 0 Å². The third kappa shape index (κ3) is 2.62. The molecule has 1 aromatic rings. The van der Waals surface area contributed by atoms with Crippen molar-refractivity contribution in [2.75, 3.05) is 7.11 Å². The van der Waals surface area contributed by atoms with Crippen LogP contribution in [0.1, 0.15) is 29.7 Å². The van der Waals surface area contributed by atoms with Crippen LogP contribution in [0.4, 0.5) is 0 Å². The van der Waals surface area contributed by atoms with Crippen LogP contribution >= 0.6 is 0 Å². The number of hydrogen-bond donors (Lipinski definition) is 0. The van der Waals surface area contributed by atoms with E-state index >= 15 is 0 Å². The quantitative estimate of drug-likeness (QED) is 0.434. The Morgan fingerprint density at radius 2 is 2.19 bits per heavy atom. The van der Waals surface area contributed by atoms with Crippen LogP contribution in [0.25, 0.3) is 0 Å². The summed E-state index contributed by atoms with van der Waals surface area (Å²) in [6.45, 7) is 3.45. The number of aryl methyl sites for hydroxylation is 1. The highest BCUT2D eigenvalue weighted by atomic mass is 16.5. The van der Waals surface area contributed by atoms with Crippen molar-refractivity contribution in [3.8, 4) is 0 Å². The average Bonchev–Trinajstić information content (AvgIpc) is 2.29. The van der Waals surface area contributed by atoms with Crippen molar-refractivity contribution in [1.82, 2.24) is 9.97 Å². The van der Waals surface area contributed by atoms with Gasteiger partial charge in [-0.15, -0.1) is 0 Å². The molecule has 0 spiro atoms. The van der Waals surface area contributed by atoms with Crippen LogP contribution in [-0.4, -0.2) is 28.8 Å². The Kier molecular flexibility index (Phi) is 4.10. The number of rotatable bonds is 4. The Bertz CT molecular complexity index is 404. The summed E-state index contributed by atoms with van der Waals surface area (Å²) in [5.41, 5.74) is 0.254. The van der Waals surface area contributed by atoms with Gasteiger partial charge >= 0.3 is 5.97 Å². The lowest BCUT2D eigenvalue weighted by Gasteiger charge is -2.10. The Morgan fingerprint density at radius 3 is 2.69 bits per heavy atom. The van der Waals surface area contributed by atoms with Crippen LogP contribution in [0.15, 0.2) is 12.3 Å². The summed E-state index contributed by atoms with van der Waals surface area (Å²) in [4.78, 5) is 31.2. The molecule has 86 valence electrons. The van der Waals surface area contributed by atoms with Crippen molar-refractivity contribution in [3.63, 3.8) is 0 Å². The minimum atomic E-state index is -0.778. The first-order valence-corrected chi connectivity index (χ1v) is 5.01. The molecule has 0 saturated carbocycles. The molecule has 1 rings (SSSR count). The summed E-state index contributed by atoms with van der Waals surface area (Å²) < 4.78 is 4.57. The predicted molar refractivity (Wildman–Crippen MR) is 56.9 cm³/mol. The van der Waals surface area contributed by atoms with E-state index in [2.05, 4.69) is 14.7 Å². The van der Waals surface area contributed by atoms with Crippen LogP contribution < -0.4 is 0 Å². The molecule has 1 heterocycles. The molecule has 5 heteroatoms. The number of aromatic nitrogens is 2. The maximum Gasteiger partial charge on any atom is 0.316 e. The molecule has 0 aliphatic heterocycles. The fourth-order valence-electron chi connectivity index (χ4n) is 1.37. The summed E-state index contributed by atoms with van der Waals surface area (Å²) in [6, 6.07) is 1.50. The number of methoxy groups -OCH3 is 1. The zero-order valence-electron chi connectivity index (χ0n) is 9.56. The number of esters is 1. The summed E-state index contributed by atoms with van der Waals surface area (Å²) in [5.74, 6) is -1.12. The fourth-order valence-corrected chi connectivity index (χ4v) is 1.37. The molecule has 1 atom stereocenters. The molecule has 16 heavy (non-hydrogen) atoms. The molecule has 0 bridgehead atoms. The molecule has 0 aromatic carbocycles. The monoisotopic (exact) mass is 222 g/mol. The van der Waals surface area contributed by atoms with Gasteiger partial charge in [-0.2, -0.15) is 0 Å².